The Morgan fingerprint density at radius 3 is 2.42 bits per heavy atom. The molecule has 10 heteroatoms. The van der Waals surface area contributed by atoms with Crippen molar-refractivity contribution in [2.75, 3.05) is 11.5 Å². The van der Waals surface area contributed by atoms with Crippen molar-refractivity contribution in [1.29, 1.82) is 0 Å². The summed E-state index contributed by atoms with van der Waals surface area (Å²) in [6.45, 7) is 0. The maximum Gasteiger partial charge on any atom is 0.435 e. The first kappa shape index (κ1) is 14.9. The van der Waals surface area contributed by atoms with E-state index in [-0.39, 0.29) is 28.6 Å². The van der Waals surface area contributed by atoms with Crippen LogP contribution in [0.3, 0.4) is 0 Å². The molecule has 0 amide bonds. The molecule has 1 aromatic heterocycles. The van der Waals surface area contributed by atoms with Gasteiger partial charge >= 0.3 is 6.18 Å². The molecule has 1 aliphatic rings. The Bertz CT molecular complexity index is 597. The summed E-state index contributed by atoms with van der Waals surface area (Å²) in [4.78, 5) is 0. The smallest absolute Gasteiger partial charge is 0.249 e. The minimum Gasteiger partial charge on any atom is -0.249 e. The predicted octanol–water partition coefficient (Wildman–Crippen LogP) is 2.65. The molecule has 19 heavy (non-hydrogen) atoms. The summed E-state index contributed by atoms with van der Waals surface area (Å²) in [6, 6.07) is -0.671. The fraction of sp³-hybridized carbons (Fsp3) is 0.667. The van der Waals surface area contributed by atoms with Crippen LogP contribution in [-0.2, 0) is 21.9 Å². The summed E-state index contributed by atoms with van der Waals surface area (Å²) in [5.41, 5.74) is -1.48. The molecule has 1 fully saturated rings. The topological polar surface area (TPSA) is 52.0 Å². The highest BCUT2D eigenvalue weighted by Gasteiger charge is 2.41. The lowest BCUT2D eigenvalue weighted by molar-refractivity contribution is -0.142. The van der Waals surface area contributed by atoms with Gasteiger partial charge in [0.1, 0.15) is 5.15 Å². The highest BCUT2D eigenvalue weighted by molar-refractivity contribution is 7.91. The van der Waals surface area contributed by atoms with Crippen LogP contribution in [0.5, 0.6) is 0 Å². The first-order valence-electron chi connectivity index (χ1n) is 5.26. The molecule has 0 bridgehead atoms. The van der Waals surface area contributed by atoms with E-state index in [1.54, 1.807) is 0 Å². The van der Waals surface area contributed by atoms with Crippen LogP contribution in [0.25, 0.3) is 0 Å². The van der Waals surface area contributed by atoms with Gasteiger partial charge in [-0.2, -0.15) is 18.3 Å². The zero-order chi connectivity index (χ0) is 14.4. The molecule has 1 aliphatic heterocycles. The Hall–Kier alpha value is -0.470. The van der Waals surface area contributed by atoms with E-state index in [0.29, 0.717) is 0 Å². The number of rotatable bonds is 2. The summed E-state index contributed by atoms with van der Waals surface area (Å²) < 4.78 is 61.9. The summed E-state index contributed by atoms with van der Waals surface area (Å²) in [6.07, 6.45) is -4.47. The molecule has 0 aromatic carbocycles. The maximum atomic E-state index is 12.8. The van der Waals surface area contributed by atoms with Crippen LogP contribution < -0.4 is 0 Å². The standard InChI is InChI=1S/C9H9Cl2F3N2O2S/c10-3-6-7(9(12,13)14)15-16(8(6)11)5-1-2-19(17,18)4-5/h5H,1-4H2. The third kappa shape index (κ3) is 2.85. The molecule has 1 saturated heterocycles. The predicted molar refractivity (Wildman–Crippen MR) is 64.1 cm³/mol. The Balaban J connectivity index is 2.46. The van der Waals surface area contributed by atoms with E-state index in [0.717, 1.165) is 4.68 Å². The van der Waals surface area contributed by atoms with Crippen molar-refractivity contribution in [3.8, 4) is 0 Å². The summed E-state index contributed by atoms with van der Waals surface area (Å²) in [7, 11) is -3.24. The van der Waals surface area contributed by atoms with E-state index in [1.807, 2.05) is 0 Å². The average Bonchev–Trinajstić information content (AvgIpc) is 2.77. The monoisotopic (exact) mass is 336 g/mol. The molecule has 0 radical (unpaired) electrons. The first-order chi connectivity index (χ1) is 8.65. The highest BCUT2D eigenvalue weighted by atomic mass is 35.5. The number of hydrogen-bond acceptors (Lipinski definition) is 3. The SMILES string of the molecule is O=S1(=O)CCC(n2nc(C(F)(F)F)c(CCl)c2Cl)C1. The van der Waals surface area contributed by atoms with Crippen molar-refractivity contribution in [2.45, 2.75) is 24.5 Å². The van der Waals surface area contributed by atoms with Gasteiger partial charge in [-0.25, -0.2) is 13.1 Å². The number of sulfone groups is 1. The van der Waals surface area contributed by atoms with Gasteiger partial charge in [-0.15, -0.1) is 11.6 Å². The van der Waals surface area contributed by atoms with Crippen LogP contribution in [0.4, 0.5) is 13.2 Å². The van der Waals surface area contributed by atoms with Gasteiger partial charge in [0.2, 0.25) is 0 Å². The van der Waals surface area contributed by atoms with Crippen LogP contribution in [0.1, 0.15) is 23.7 Å². The van der Waals surface area contributed by atoms with Gasteiger partial charge in [0.25, 0.3) is 0 Å². The molecule has 1 aromatic rings. The number of nitrogens with zero attached hydrogens (tertiary/aromatic N) is 2. The van der Waals surface area contributed by atoms with Gasteiger partial charge in [0.05, 0.1) is 23.4 Å². The second-order valence-corrected chi connectivity index (χ2v) is 7.10. The number of alkyl halides is 4. The molecule has 0 spiro atoms. The number of hydrogen-bond donors (Lipinski definition) is 0. The molecular weight excluding hydrogens is 328 g/mol. The van der Waals surface area contributed by atoms with E-state index in [4.69, 9.17) is 23.2 Å². The molecule has 1 unspecified atom stereocenters. The molecule has 1 atom stereocenters. The van der Waals surface area contributed by atoms with Crippen molar-refractivity contribution in [2.24, 2.45) is 0 Å². The Morgan fingerprint density at radius 1 is 1.42 bits per heavy atom. The Morgan fingerprint density at radius 2 is 2.05 bits per heavy atom. The molecule has 0 N–H and O–H groups in total. The largest absolute Gasteiger partial charge is 0.435 e. The average molecular weight is 337 g/mol. The third-order valence-corrected chi connectivity index (χ3v) is 5.32. The number of aromatic nitrogens is 2. The second-order valence-electron chi connectivity index (χ2n) is 4.25. The molecule has 0 saturated carbocycles. The lowest BCUT2D eigenvalue weighted by Gasteiger charge is -2.09. The van der Waals surface area contributed by atoms with Crippen molar-refractivity contribution < 1.29 is 21.6 Å². The zero-order valence-electron chi connectivity index (χ0n) is 9.41. The minimum atomic E-state index is -4.67. The van der Waals surface area contributed by atoms with Gasteiger partial charge in [0.15, 0.2) is 15.5 Å². The van der Waals surface area contributed by atoms with E-state index < -0.39 is 33.6 Å². The van der Waals surface area contributed by atoms with E-state index in [9.17, 15) is 21.6 Å². The van der Waals surface area contributed by atoms with Gasteiger partial charge in [-0.1, -0.05) is 11.6 Å². The summed E-state index contributed by atoms with van der Waals surface area (Å²) >= 11 is 11.3. The molecule has 4 nitrogen and oxygen atoms in total. The minimum absolute atomic E-state index is 0.0780. The molecule has 0 aliphatic carbocycles. The summed E-state index contributed by atoms with van der Waals surface area (Å²) in [5.74, 6) is -0.772. The molecule has 2 heterocycles. The Kier molecular flexibility index (Phi) is 3.79. The highest BCUT2D eigenvalue weighted by Crippen LogP contribution is 2.37. The van der Waals surface area contributed by atoms with Crippen molar-refractivity contribution >= 4 is 33.0 Å². The first-order valence-corrected chi connectivity index (χ1v) is 7.99. The van der Waals surface area contributed by atoms with Crippen LogP contribution in [-0.4, -0.2) is 29.7 Å². The van der Waals surface area contributed by atoms with Gasteiger partial charge in [0, 0.05) is 5.56 Å². The van der Waals surface area contributed by atoms with Crippen molar-refractivity contribution in [3.05, 3.63) is 16.4 Å². The van der Waals surface area contributed by atoms with E-state index in [2.05, 4.69) is 5.10 Å². The number of halogens is 5. The Labute approximate surface area is 117 Å². The third-order valence-electron chi connectivity index (χ3n) is 2.90. The van der Waals surface area contributed by atoms with Gasteiger partial charge < -0.3 is 0 Å². The maximum absolute atomic E-state index is 12.8. The van der Waals surface area contributed by atoms with Crippen molar-refractivity contribution in [1.82, 2.24) is 9.78 Å². The van der Waals surface area contributed by atoms with E-state index >= 15 is 0 Å². The van der Waals surface area contributed by atoms with Crippen molar-refractivity contribution in [3.63, 3.8) is 0 Å². The van der Waals surface area contributed by atoms with Crippen LogP contribution in [0, 0.1) is 0 Å². The summed E-state index contributed by atoms with van der Waals surface area (Å²) in [5, 5.41) is 3.16. The fourth-order valence-electron chi connectivity index (χ4n) is 2.00. The lowest BCUT2D eigenvalue weighted by atomic mass is 10.2. The second kappa shape index (κ2) is 4.82. The molecule has 2 rings (SSSR count). The lowest BCUT2D eigenvalue weighted by Crippen LogP contribution is -2.14. The van der Waals surface area contributed by atoms with Gasteiger partial charge in [-0.05, 0) is 6.42 Å². The normalized spacial score (nSPS) is 22.9. The van der Waals surface area contributed by atoms with E-state index in [1.165, 1.54) is 0 Å². The molecular formula is C9H9Cl2F3N2O2S. The molecule has 108 valence electrons. The van der Waals surface area contributed by atoms with Crippen LogP contribution >= 0.6 is 23.2 Å². The van der Waals surface area contributed by atoms with Crippen LogP contribution in [0.2, 0.25) is 5.15 Å². The van der Waals surface area contributed by atoms with Gasteiger partial charge in [-0.3, -0.25) is 0 Å². The quantitative estimate of drug-likeness (QED) is 0.780. The van der Waals surface area contributed by atoms with Crippen LogP contribution in [0.15, 0.2) is 0 Å². The zero-order valence-corrected chi connectivity index (χ0v) is 11.7. The fourth-order valence-corrected chi connectivity index (χ4v) is 4.35.